The standard InChI is InChI=1S/C16H24N2O3/c1-12(15-10-20-11-21-15)16(19)17(2)14-4-3-7-18(9-14)8-13-5-6-13/h10,13-14H,1,3-9,11H2,2H3. The van der Waals surface area contributed by atoms with Crippen LogP contribution < -0.4 is 0 Å². The number of nitrogens with zero attached hydrogens (tertiary/aromatic N) is 2. The van der Waals surface area contributed by atoms with Crippen molar-refractivity contribution in [3.8, 4) is 0 Å². The zero-order valence-electron chi connectivity index (χ0n) is 12.7. The van der Waals surface area contributed by atoms with Crippen LogP contribution in [-0.4, -0.2) is 55.2 Å². The van der Waals surface area contributed by atoms with Gasteiger partial charge in [0.15, 0.2) is 5.76 Å². The maximum atomic E-state index is 12.5. The van der Waals surface area contributed by atoms with Gasteiger partial charge in [-0.1, -0.05) is 6.58 Å². The number of carbonyl (C=O) groups is 1. The summed E-state index contributed by atoms with van der Waals surface area (Å²) in [6, 6.07) is 0.268. The highest BCUT2D eigenvalue weighted by atomic mass is 16.7. The molecule has 0 spiro atoms. The minimum absolute atomic E-state index is 0.0648. The lowest BCUT2D eigenvalue weighted by Gasteiger charge is -2.38. The first-order chi connectivity index (χ1) is 10.1. The summed E-state index contributed by atoms with van der Waals surface area (Å²) in [4.78, 5) is 16.8. The fourth-order valence-electron chi connectivity index (χ4n) is 3.06. The number of piperidine rings is 1. The number of amides is 1. The van der Waals surface area contributed by atoms with Crippen molar-refractivity contribution in [3.05, 3.63) is 24.2 Å². The smallest absolute Gasteiger partial charge is 0.257 e. The third-order valence-corrected chi connectivity index (χ3v) is 4.59. The van der Waals surface area contributed by atoms with Crippen molar-refractivity contribution < 1.29 is 14.3 Å². The summed E-state index contributed by atoms with van der Waals surface area (Å²) in [5, 5.41) is 0. The van der Waals surface area contributed by atoms with Gasteiger partial charge in [0.05, 0.1) is 5.57 Å². The molecule has 1 atom stereocenters. The van der Waals surface area contributed by atoms with E-state index in [0.29, 0.717) is 11.3 Å². The Morgan fingerprint density at radius 1 is 1.48 bits per heavy atom. The monoisotopic (exact) mass is 292 g/mol. The van der Waals surface area contributed by atoms with Crippen LogP contribution in [0.25, 0.3) is 0 Å². The molecule has 0 aromatic carbocycles. The lowest BCUT2D eigenvalue weighted by molar-refractivity contribution is -0.129. The largest absolute Gasteiger partial charge is 0.461 e. The van der Waals surface area contributed by atoms with Crippen LogP contribution in [-0.2, 0) is 14.3 Å². The summed E-state index contributed by atoms with van der Waals surface area (Å²) in [6.07, 6.45) is 6.43. The lowest BCUT2D eigenvalue weighted by Crippen LogP contribution is -2.49. The molecular formula is C16H24N2O3. The maximum Gasteiger partial charge on any atom is 0.257 e. The first kappa shape index (κ1) is 14.4. The van der Waals surface area contributed by atoms with Gasteiger partial charge in [-0.15, -0.1) is 0 Å². The highest BCUT2D eigenvalue weighted by Gasteiger charge is 2.31. The predicted molar refractivity (Wildman–Crippen MR) is 79.2 cm³/mol. The Bertz CT molecular complexity index is 456. The minimum Gasteiger partial charge on any atom is -0.461 e. The molecule has 0 bridgehead atoms. The van der Waals surface area contributed by atoms with E-state index in [2.05, 4.69) is 11.5 Å². The fourth-order valence-corrected chi connectivity index (χ4v) is 3.06. The number of hydrogen-bond acceptors (Lipinski definition) is 4. The third kappa shape index (κ3) is 3.40. The molecule has 1 saturated heterocycles. The number of rotatable bonds is 5. The van der Waals surface area contributed by atoms with E-state index in [1.807, 2.05) is 11.9 Å². The van der Waals surface area contributed by atoms with Gasteiger partial charge in [-0.05, 0) is 38.1 Å². The van der Waals surface area contributed by atoms with Crippen molar-refractivity contribution in [1.82, 2.24) is 9.80 Å². The summed E-state index contributed by atoms with van der Waals surface area (Å²) in [5.41, 5.74) is 0.384. The van der Waals surface area contributed by atoms with Crippen LogP contribution >= 0.6 is 0 Å². The predicted octanol–water partition coefficient (Wildman–Crippen LogP) is 1.72. The average Bonchev–Trinajstić information content (AvgIpc) is 3.15. The Balaban J connectivity index is 1.56. The van der Waals surface area contributed by atoms with Crippen molar-refractivity contribution in [2.45, 2.75) is 31.7 Å². The van der Waals surface area contributed by atoms with E-state index in [1.54, 1.807) is 0 Å². The minimum atomic E-state index is -0.0648. The summed E-state index contributed by atoms with van der Waals surface area (Å²) in [6.45, 7) is 7.36. The Morgan fingerprint density at radius 2 is 2.29 bits per heavy atom. The molecule has 1 amide bonds. The topological polar surface area (TPSA) is 42.0 Å². The Hall–Kier alpha value is -1.49. The highest BCUT2D eigenvalue weighted by molar-refractivity contribution is 5.96. The van der Waals surface area contributed by atoms with Crippen LogP contribution in [0.2, 0.25) is 0 Å². The number of carbonyl (C=O) groups excluding carboxylic acids is 1. The SMILES string of the molecule is C=C(C(=O)N(C)C1CCCN(CC2CC2)C1)C1=COCO1. The van der Waals surface area contributed by atoms with Gasteiger partial charge in [0.2, 0.25) is 6.79 Å². The van der Waals surface area contributed by atoms with Gasteiger partial charge in [-0.3, -0.25) is 4.79 Å². The average molecular weight is 292 g/mol. The third-order valence-electron chi connectivity index (χ3n) is 4.59. The second-order valence-corrected chi connectivity index (χ2v) is 6.30. The molecular weight excluding hydrogens is 268 g/mol. The fraction of sp³-hybridized carbons (Fsp3) is 0.688. The van der Waals surface area contributed by atoms with E-state index >= 15 is 0 Å². The van der Waals surface area contributed by atoms with Crippen molar-refractivity contribution in [2.24, 2.45) is 5.92 Å². The Morgan fingerprint density at radius 3 is 2.95 bits per heavy atom. The van der Waals surface area contributed by atoms with E-state index in [4.69, 9.17) is 9.47 Å². The molecule has 116 valence electrons. The van der Waals surface area contributed by atoms with Crippen molar-refractivity contribution in [2.75, 3.05) is 33.5 Å². The van der Waals surface area contributed by atoms with Crippen LogP contribution in [0, 0.1) is 5.92 Å². The van der Waals surface area contributed by atoms with Gasteiger partial charge in [0, 0.05) is 26.2 Å². The molecule has 1 saturated carbocycles. The second-order valence-electron chi connectivity index (χ2n) is 6.30. The van der Waals surface area contributed by atoms with Gasteiger partial charge in [0.1, 0.15) is 6.26 Å². The number of likely N-dealkylation sites (N-methyl/N-ethyl adjacent to an activating group) is 1. The summed E-state index contributed by atoms with van der Waals surface area (Å²) >= 11 is 0. The van der Waals surface area contributed by atoms with Crippen LogP contribution in [0.15, 0.2) is 24.2 Å². The van der Waals surface area contributed by atoms with Crippen LogP contribution in [0.3, 0.4) is 0 Å². The quantitative estimate of drug-likeness (QED) is 0.724. The van der Waals surface area contributed by atoms with E-state index in [1.165, 1.54) is 25.6 Å². The summed E-state index contributed by atoms with van der Waals surface area (Å²) in [7, 11) is 1.87. The van der Waals surface area contributed by atoms with Crippen molar-refractivity contribution >= 4 is 5.91 Å². The van der Waals surface area contributed by atoms with Crippen LogP contribution in [0.4, 0.5) is 0 Å². The summed E-state index contributed by atoms with van der Waals surface area (Å²) in [5.74, 6) is 1.29. The number of likely N-dealkylation sites (tertiary alicyclic amines) is 1. The maximum absolute atomic E-state index is 12.5. The zero-order chi connectivity index (χ0) is 14.8. The molecule has 21 heavy (non-hydrogen) atoms. The highest BCUT2D eigenvalue weighted by Crippen LogP contribution is 2.31. The van der Waals surface area contributed by atoms with Gasteiger partial charge < -0.3 is 19.3 Å². The molecule has 3 rings (SSSR count). The van der Waals surface area contributed by atoms with Crippen LogP contribution in [0.5, 0.6) is 0 Å². The van der Waals surface area contributed by atoms with Crippen molar-refractivity contribution in [3.63, 3.8) is 0 Å². The first-order valence-corrected chi connectivity index (χ1v) is 7.78. The molecule has 2 heterocycles. The molecule has 5 heteroatoms. The van der Waals surface area contributed by atoms with E-state index in [9.17, 15) is 4.79 Å². The van der Waals surface area contributed by atoms with Gasteiger partial charge in [-0.25, -0.2) is 0 Å². The molecule has 0 N–H and O–H groups in total. The zero-order valence-corrected chi connectivity index (χ0v) is 12.7. The molecule has 3 aliphatic rings. The molecule has 5 nitrogen and oxygen atoms in total. The van der Waals surface area contributed by atoms with E-state index in [-0.39, 0.29) is 18.7 Å². The van der Waals surface area contributed by atoms with Crippen LogP contribution in [0.1, 0.15) is 25.7 Å². The molecule has 0 aromatic rings. The lowest BCUT2D eigenvalue weighted by atomic mass is 10.0. The number of hydrogen-bond donors (Lipinski definition) is 0. The van der Waals surface area contributed by atoms with Crippen molar-refractivity contribution in [1.29, 1.82) is 0 Å². The molecule has 0 radical (unpaired) electrons. The molecule has 1 unspecified atom stereocenters. The summed E-state index contributed by atoms with van der Waals surface area (Å²) < 4.78 is 10.2. The Kier molecular flexibility index (Phi) is 4.19. The van der Waals surface area contributed by atoms with Gasteiger partial charge in [0.25, 0.3) is 5.91 Å². The van der Waals surface area contributed by atoms with Gasteiger partial charge >= 0.3 is 0 Å². The molecule has 2 fully saturated rings. The van der Waals surface area contributed by atoms with Gasteiger partial charge in [-0.2, -0.15) is 0 Å². The molecule has 2 aliphatic heterocycles. The number of ether oxygens (including phenoxy) is 2. The molecule has 0 aromatic heterocycles. The Labute approximate surface area is 126 Å². The van der Waals surface area contributed by atoms with E-state index in [0.717, 1.165) is 31.8 Å². The molecule has 1 aliphatic carbocycles. The van der Waals surface area contributed by atoms with E-state index < -0.39 is 0 Å². The first-order valence-electron chi connectivity index (χ1n) is 7.78. The second kappa shape index (κ2) is 6.10. The normalized spacial score (nSPS) is 25.8.